The molecule has 1 unspecified atom stereocenters. The number of alkyl halides is 3. The lowest BCUT2D eigenvalue weighted by Gasteiger charge is -2.17. The fourth-order valence-electron chi connectivity index (χ4n) is 1.72. The van der Waals surface area contributed by atoms with E-state index in [1.54, 1.807) is 12.1 Å². The zero-order valence-electron chi connectivity index (χ0n) is 10.9. The zero-order valence-corrected chi connectivity index (χ0v) is 11.7. The molecule has 2 aromatic rings. The van der Waals surface area contributed by atoms with Gasteiger partial charge in [-0.15, -0.1) is 0 Å². The van der Waals surface area contributed by atoms with Gasteiger partial charge in [-0.2, -0.15) is 13.2 Å². The van der Waals surface area contributed by atoms with Crippen molar-refractivity contribution in [3.63, 3.8) is 0 Å². The van der Waals surface area contributed by atoms with Crippen molar-refractivity contribution < 1.29 is 22.3 Å². The quantitative estimate of drug-likeness (QED) is 0.899. The highest BCUT2D eigenvalue weighted by Gasteiger charge is 2.31. The van der Waals surface area contributed by atoms with Crippen molar-refractivity contribution in [3.05, 3.63) is 47.0 Å². The number of aromatic nitrogens is 1. The van der Waals surface area contributed by atoms with Crippen molar-refractivity contribution in [1.82, 2.24) is 4.98 Å². The number of nitrogens with one attached hydrogen (secondary N) is 1. The lowest BCUT2D eigenvalue weighted by Crippen LogP contribution is -2.17. The first-order chi connectivity index (χ1) is 9.91. The van der Waals surface area contributed by atoms with Crippen LogP contribution in [0.5, 0.6) is 0 Å². The third kappa shape index (κ3) is 3.89. The molecule has 0 spiro atoms. The van der Waals surface area contributed by atoms with Gasteiger partial charge < -0.3 is 14.5 Å². The first-order valence-electron chi connectivity index (χ1n) is 5.93. The largest absolute Gasteiger partial charge is 0.467 e. The second kappa shape index (κ2) is 6.36. The number of ether oxygens (including phenoxy) is 1. The van der Waals surface area contributed by atoms with Gasteiger partial charge in [0.05, 0.1) is 23.5 Å². The summed E-state index contributed by atoms with van der Waals surface area (Å²) in [7, 11) is 1.50. The minimum atomic E-state index is -4.48. The molecule has 0 saturated carbocycles. The van der Waals surface area contributed by atoms with Crippen LogP contribution in [0.1, 0.15) is 17.4 Å². The van der Waals surface area contributed by atoms with Crippen LogP contribution in [0.25, 0.3) is 0 Å². The molecule has 0 aromatic carbocycles. The molecule has 0 fully saturated rings. The number of hydrogen-bond donors (Lipinski definition) is 1. The summed E-state index contributed by atoms with van der Waals surface area (Å²) in [5, 5.41) is 2.77. The Morgan fingerprint density at radius 2 is 2.24 bits per heavy atom. The number of halogens is 4. The molecule has 0 aliphatic heterocycles. The predicted molar refractivity (Wildman–Crippen MR) is 71.2 cm³/mol. The zero-order chi connectivity index (χ0) is 15.5. The maximum atomic E-state index is 12.6. The Morgan fingerprint density at radius 1 is 1.48 bits per heavy atom. The van der Waals surface area contributed by atoms with E-state index in [2.05, 4.69) is 10.3 Å². The number of hydrogen-bond acceptors (Lipinski definition) is 4. The number of furan rings is 1. The first-order valence-corrected chi connectivity index (χ1v) is 6.31. The molecule has 1 N–H and O–H groups in total. The fourth-order valence-corrected chi connectivity index (χ4v) is 1.94. The molecule has 4 nitrogen and oxygen atoms in total. The van der Waals surface area contributed by atoms with Gasteiger partial charge in [-0.3, -0.25) is 0 Å². The smallest absolute Gasteiger partial charge is 0.417 e. The van der Waals surface area contributed by atoms with Crippen LogP contribution in [0.3, 0.4) is 0 Å². The highest BCUT2D eigenvalue weighted by Crippen LogP contribution is 2.33. The van der Waals surface area contributed by atoms with Gasteiger partial charge in [0.15, 0.2) is 0 Å². The highest BCUT2D eigenvalue weighted by molar-refractivity contribution is 6.33. The average molecular weight is 321 g/mol. The summed E-state index contributed by atoms with van der Waals surface area (Å²) in [5.41, 5.74) is -0.903. The van der Waals surface area contributed by atoms with Crippen LogP contribution < -0.4 is 5.32 Å². The van der Waals surface area contributed by atoms with E-state index in [-0.39, 0.29) is 17.4 Å². The molecular weight excluding hydrogens is 309 g/mol. The van der Waals surface area contributed by atoms with E-state index in [9.17, 15) is 13.2 Å². The van der Waals surface area contributed by atoms with Crippen molar-refractivity contribution in [3.8, 4) is 0 Å². The Balaban J connectivity index is 2.21. The number of methoxy groups -OCH3 is 1. The molecule has 0 amide bonds. The molecule has 0 radical (unpaired) electrons. The Kier molecular flexibility index (Phi) is 4.74. The molecule has 0 bridgehead atoms. The maximum Gasteiger partial charge on any atom is 0.417 e. The molecule has 21 heavy (non-hydrogen) atoms. The van der Waals surface area contributed by atoms with Crippen LogP contribution in [0.15, 0.2) is 35.1 Å². The second-order valence-electron chi connectivity index (χ2n) is 4.22. The van der Waals surface area contributed by atoms with Crippen LogP contribution in [0.4, 0.5) is 19.0 Å². The molecule has 2 aromatic heterocycles. The van der Waals surface area contributed by atoms with Gasteiger partial charge in [-0.1, -0.05) is 11.6 Å². The summed E-state index contributed by atoms with van der Waals surface area (Å²) in [6.45, 7) is 0.243. The minimum Gasteiger partial charge on any atom is -0.467 e. The van der Waals surface area contributed by atoms with E-state index in [0.29, 0.717) is 5.76 Å². The van der Waals surface area contributed by atoms with Gasteiger partial charge in [-0.05, 0) is 18.2 Å². The van der Waals surface area contributed by atoms with Crippen molar-refractivity contribution in [2.24, 2.45) is 0 Å². The van der Waals surface area contributed by atoms with Crippen molar-refractivity contribution in [2.45, 2.75) is 12.2 Å². The normalized spacial score (nSPS) is 13.2. The summed E-state index contributed by atoms with van der Waals surface area (Å²) in [5.74, 6) is 0.692. The van der Waals surface area contributed by atoms with E-state index in [1.165, 1.54) is 13.4 Å². The van der Waals surface area contributed by atoms with E-state index in [1.807, 2.05) is 0 Å². The van der Waals surface area contributed by atoms with E-state index < -0.39 is 17.8 Å². The van der Waals surface area contributed by atoms with Gasteiger partial charge in [0.25, 0.3) is 0 Å². The van der Waals surface area contributed by atoms with E-state index in [4.69, 9.17) is 20.8 Å². The number of pyridine rings is 1. The number of anilines is 1. The summed E-state index contributed by atoms with van der Waals surface area (Å²) >= 11 is 5.84. The van der Waals surface area contributed by atoms with Crippen LogP contribution in [-0.2, 0) is 10.9 Å². The lowest BCUT2D eigenvalue weighted by atomic mass is 10.2. The average Bonchev–Trinajstić information content (AvgIpc) is 2.93. The molecule has 0 aliphatic carbocycles. The van der Waals surface area contributed by atoms with Crippen LogP contribution in [0.2, 0.25) is 5.02 Å². The van der Waals surface area contributed by atoms with Crippen molar-refractivity contribution in [1.29, 1.82) is 0 Å². The number of nitrogens with zero attached hydrogens (tertiary/aromatic N) is 1. The summed E-state index contributed by atoms with van der Waals surface area (Å²) in [6, 6.07) is 3.82. The SMILES string of the molecule is COCC(Nc1ncc(C(F)(F)F)cc1Cl)c1ccco1. The van der Waals surface area contributed by atoms with Gasteiger partial charge in [0.1, 0.15) is 17.6 Å². The minimum absolute atomic E-state index is 0.127. The Labute approximate surface area is 123 Å². The van der Waals surface area contributed by atoms with Crippen molar-refractivity contribution >= 4 is 17.4 Å². The van der Waals surface area contributed by atoms with E-state index in [0.717, 1.165) is 12.3 Å². The van der Waals surface area contributed by atoms with Gasteiger partial charge in [0, 0.05) is 13.3 Å². The van der Waals surface area contributed by atoms with Crippen LogP contribution in [-0.4, -0.2) is 18.7 Å². The predicted octanol–water partition coefficient (Wildman–Crippen LogP) is 4.15. The summed E-state index contributed by atoms with van der Waals surface area (Å²) < 4.78 is 47.9. The van der Waals surface area contributed by atoms with Crippen LogP contribution >= 0.6 is 11.6 Å². The monoisotopic (exact) mass is 320 g/mol. The van der Waals surface area contributed by atoms with Gasteiger partial charge >= 0.3 is 6.18 Å². The molecule has 2 rings (SSSR count). The van der Waals surface area contributed by atoms with Crippen LogP contribution in [0, 0.1) is 0 Å². The Bertz CT molecular complexity index is 588. The summed E-state index contributed by atoms with van der Waals surface area (Å²) in [4.78, 5) is 3.72. The fraction of sp³-hybridized carbons (Fsp3) is 0.308. The molecule has 114 valence electrons. The molecule has 2 heterocycles. The molecular formula is C13H12ClF3N2O2. The molecule has 1 atom stereocenters. The molecule has 0 saturated heterocycles. The first kappa shape index (κ1) is 15.7. The third-order valence-electron chi connectivity index (χ3n) is 2.70. The Hall–Kier alpha value is -1.73. The Morgan fingerprint density at radius 3 is 2.76 bits per heavy atom. The highest BCUT2D eigenvalue weighted by atomic mass is 35.5. The lowest BCUT2D eigenvalue weighted by molar-refractivity contribution is -0.137. The van der Waals surface area contributed by atoms with Crippen molar-refractivity contribution in [2.75, 3.05) is 19.0 Å². The number of rotatable bonds is 5. The topological polar surface area (TPSA) is 47.3 Å². The maximum absolute atomic E-state index is 12.6. The molecule has 0 aliphatic rings. The molecule has 8 heteroatoms. The second-order valence-corrected chi connectivity index (χ2v) is 4.63. The van der Waals surface area contributed by atoms with Gasteiger partial charge in [-0.25, -0.2) is 4.98 Å². The van der Waals surface area contributed by atoms with E-state index >= 15 is 0 Å². The standard InChI is InChI=1S/C13H12ClF3N2O2/c1-20-7-10(11-3-2-4-21-11)19-12-9(14)5-8(6-18-12)13(15,16)17/h2-6,10H,7H2,1H3,(H,18,19). The summed E-state index contributed by atoms with van der Waals surface area (Å²) in [6.07, 6.45) is -2.27. The van der Waals surface area contributed by atoms with Gasteiger partial charge in [0.2, 0.25) is 0 Å². The third-order valence-corrected chi connectivity index (χ3v) is 2.99.